The molecule has 0 spiro atoms. The third-order valence-electron chi connectivity index (χ3n) is 2.62. The number of sulfonamides is 1. The molecule has 2 aromatic rings. The lowest BCUT2D eigenvalue weighted by Gasteiger charge is -2.11. The Morgan fingerprint density at radius 2 is 1.68 bits per heavy atom. The van der Waals surface area contributed by atoms with E-state index in [1.165, 1.54) is 30.3 Å². The van der Waals surface area contributed by atoms with Gasteiger partial charge in [-0.05, 0) is 48.6 Å². The molecule has 4 N–H and O–H groups in total. The maximum atomic E-state index is 13.5. The van der Waals surface area contributed by atoms with Crippen molar-refractivity contribution < 1.29 is 17.2 Å². The van der Waals surface area contributed by atoms with Crippen molar-refractivity contribution in [1.82, 2.24) is 0 Å². The normalized spacial score (nSPS) is 11.0. The van der Waals surface area contributed by atoms with E-state index in [4.69, 9.17) is 17.4 Å². The number of halogens is 2. The fraction of sp³-hybridized carbons (Fsp3) is 0. The van der Waals surface area contributed by atoms with Crippen LogP contribution in [0.1, 0.15) is 0 Å². The smallest absolute Gasteiger partial charge is 0.238 e. The fourth-order valence-corrected chi connectivity index (χ4v) is 2.35. The second kappa shape index (κ2) is 6.34. The molecule has 2 aromatic carbocycles. The number of nitrogens with one attached hydrogen (secondary N) is 2. The molecule has 0 saturated heterocycles. The molecule has 0 radical (unpaired) electrons. The van der Waals surface area contributed by atoms with Crippen LogP contribution in [0, 0.1) is 11.6 Å². The molecule has 22 heavy (non-hydrogen) atoms. The van der Waals surface area contributed by atoms with Crippen LogP contribution < -0.4 is 15.8 Å². The fourth-order valence-electron chi connectivity index (χ4n) is 1.60. The Balaban J connectivity index is 2.06. The van der Waals surface area contributed by atoms with E-state index in [0.717, 1.165) is 12.1 Å². The molecule has 0 heterocycles. The second-order valence-corrected chi connectivity index (χ2v) is 6.24. The second-order valence-electron chi connectivity index (χ2n) is 4.27. The Kier molecular flexibility index (Phi) is 4.69. The molecule has 0 aliphatic carbocycles. The minimum Gasteiger partial charge on any atom is -0.332 e. The van der Waals surface area contributed by atoms with Crippen LogP contribution in [0.4, 0.5) is 20.2 Å². The molecule has 0 saturated carbocycles. The molecule has 0 amide bonds. The number of benzene rings is 2. The summed E-state index contributed by atoms with van der Waals surface area (Å²) in [4.78, 5) is -0.0403. The van der Waals surface area contributed by atoms with Crippen LogP contribution in [0.2, 0.25) is 0 Å². The lowest BCUT2D eigenvalue weighted by molar-refractivity contribution is 0.586. The van der Waals surface area contributed by atoms with Gasteiger partial charge in [-0.2, -0.15) is 0 Å². The van der Waals surface area contributed by atoms with Gasteiger partial charge in [0.2, 0.25) is 10.0 Å². The van der Waals surface area contributed by atoms with E-state index < -0.39 is 21.7 Å². The topological polar surface area (TPSA) is 84.2 Å². The predicted octanol–water partition coefficient (Wildman–Crippen LogP) is 2.42. The van der Waals surface area contributed by atoms with Crippen molar-refractivity contribution in [2.45, 2.75) is 4.90 Å². The number of hydrogen-bond donors (Lipinski definition) is 3. The quantitative estimate of drug-likeness (QED) is 0.746. The Hall–Kier alpha value is -2.10. The molecule has 0 unspecified atom stereocenters. The number of hydrogen-bond acceptors (Lipinski definition) is 3. The van der Waals surface area contributed by atoms with Gasteiger partial charge in [-0.3, -0.25) is 0 Å². The maximum absolute atomic E-state index is 13.5. The van der Waals surface area contributed by atoms with Gasteiger partial charge in [0.15, 0.2) is 5.11 Å². The standard InChI is InChI=1S/C13H11F2N3O2S2/c14-8-1-6-12(11(15)7-8)18-13(21)17-9-2-4-10(5-3-9)22(16,19)20/h1-7H,(H2,16,19,20)(H2,17,18,21). The maximum Gasteiger partial charge on any atom is 0.238 e. The average molecular weight is 343 g/mol. The zero-order chi connectivity index (χ0) is 16.3. The molecule has 2 rings (SSSR count). The van der Waals surface area contributed by atoms with E-state index >= 15 is 0 Å². The SMILES string of the molecule is NS(=O)(=O)c1ccc(NC(=S)Nc2ccc(F)cc2F)cc1. The molecule has 5 nitrogen and oxygen atoms in total. The van der Waals surface area contributed by atoms with Crippen LogP contribution in [-0.2, 0) is 10.0 Å². The first-order valence-corrected chi connectivity index (χ1v) is 7.87. The van der Waals surface area contributed by atoms with Gasteiger partial charge < -0.3 is 10.6 Å². The summed E-state index contributed by atoms with van der Waals surface area (Å²) < 4.78 is 48.5. The molecule has 0 aliphatic rings. The van der Waals surface area contributed by atoms with Gasteiger partial charge in [0.05, 0.1) is 10.6 Å². The van der Waals surface area contributed by atoms with Crippen molar-refractivity contribution >= 4 is 38.7 Å². The highest BCUT2D eigenvalue weighted by Gasteiger charge is 2.08. The van der Waals surface area contributed by atoms with Crippen molar-refractivity contribution in [3.8, 4) is 0 Å². The Morgan fingerprint density at radius 1 is 1.05 bits per heavy atom. The van der Waals surface area contributed by atoms with Crippen LogP contribution in [0.15, 0.2) is 47.4 Å². The zero-order valence-electron chi connectivity index (χ0n) is 11.0. The first-order valence-electron chi connectivity index (χ1n) is 5.91. The van der Waals surface area contributed by atoms with Crippen LogP contribution >= 0.6 is 12.2 Å². The van der Waals surface area contributed by atoms with Crippen LogP contribution in [-0.4, -0.2) is 13.5 Å². The summed E-state index contributed by atoms with van der Waals surface area (Å²) in [7, 11) is -3.77. The lowest BCUT2D eigenvalue weighted by atomic mass is 10.3. The molecule has 9 heteroatoms. The van der Waals surface area contributed by atoms with Gasteiger partial charge in [-0.25, -0.2) is 22.3 Å². The van der Waals surface area contributed by atoms with Gasteiger partial charge in [0.1, 0.15) is 11.6 Å². The van der Waals surface area contributed by atoms with E-state index in [1.807, 2.05) is 0 Å². The third-order valence-corrected chi connectivity index (χ3v) is 3.75. The Morgan fingerprint density at radius 3 is 2.23 bits per heavy atom. The van der Waals surface area contributed by atoms with Crippen LogP contribution in [0.5, 0.6) is 0 Å². The summed E-state index contributed by atoms with van der Waals surface area (Å²) in [6.07, 6.45) is 0. The average Bonchev–Trinajstić information content (AvgIpc) is 2.41. The molecule has 0 aromatic heterocycles. The van der Waals surface area contributed by atoms with E-state index in [-0.39, 0.29) is 15.7 Å². The Bertz CT molecular complexity index is 809. The number of thiocarbonyl (C=S) groups is 1. The molecule has 116 valence electrons. The van der Waals surface area contributed by atoms with Crippen LogP contribution in [0.25, 0.3) is 0 Å². The summed E-state index contributed by atoms with van der Waals surface area (Å²) in [5.41, 5.74) is 0.493. The largest absolute Gasteiger partial charge is 0.332 e. The first-order chi connectivity index (χ1) is 10.3. The van der Waals surface area contributed by atoms with Crippen molar-refractivity contribution in [3.05, 3.63) is 54.1 Å². The zero-order valence-corrected chi connectivity index (χ0v) is 12.6. The van der Waals surface area contributed by atoms with Gasteiger partial charge in [-0.1, -0.05) is 0 Å². The number of nitrogens with two attached hydrogens (primary N) is 1. The monoisotopic (exact) mass is 343 g/mol. The highest BCUT2D eigenvalue weighted by atomic mass is 32.2. The van der Waals surface area contributed by atoms with Gasteiger partial charge in [-0.15, -0.1) is 0 Å². The summed E-state index contributed by atoms with van der Waals surface area (Å²) in [6, 6.07) is 8.55. The van der Waals surface area contributed by atoms with E-state index in [2.05, 4.69) is 10.6 Å². The van der Waals surface area contributed by atoms with E-state index in [1.54, 1.807) is 0 Å². The van der Waals surface area contributed by atoms with Gasteiger partial charge in [0, 0.05) is 11.8 Å². The van der Waals surface area contributed by atoms with Crippen molar-refractivity contribution in [2.24, 2.45) is 5.14 Å². The van der Waals surface area contributed by atoms with E-state index in [0.29, 0.717) is 5.69 Å². The number of anilines is 2. The molecule has 0 aliphatic heterocycles. The van der Waals surface area contributed by atoms with Gasteiger partial charge in [0.25, 0.3) is 0 Å². The van der Waals surface area contributed by atoms with Gasteiger partial charge >= 0.3 is 0 Å². The van der Waals surface area contributed by atoms with E-state index in [9.17, 15) is 17.2 Å². The van der Waals surface area contributed by atoms with Crippen LogP contribution in [0.3, 0.4) is 0 Å². The highest BCUT2D eigenvalue weighted by Crippen LogP contribution is 2.16. The molecule has 0 atom stereocenters. The number of primary sulfonamides is 1. The predicted molar refractivity (Wildman–Crippen MR) is 84.0 cm³/mol. The van der Waals surface area contributed by atoms with Crippen molar-refractivity contribution in [3.63, 3.8) is 0 Å². The summed E-state index contributed by atoms with van der Waals surface area (Å²) in [5.74, 6) is -1.48. The minimum absolute atomic E-state index is 0.0139. The van der Waals surface area contributed by atoms with Crippen molar-refractivity contribution in [1.29, 1.82) is 0 Å². The summed E-state index contributed by atoms with van der Waals surface area (Å²) in [6.45, 7) is 0. The highest BCUT2D eigenvalue weighted by molar-refractivity contribution is 7.89. The molecular formula is C13H11F2N3O2S2. The van der Waals surface area contributed by atoms with Crippen molar-refractivity contribution in [2.75, 3.05) is 10.6 Å². The number of rotatable bonds is 3. The lowest BCUT2D eigenvalue weighted by Crippen LogP contribution is -2.20. The molecule has 0 fully saturated rings. The summed E-state index contributed by atoms with van der Waals surface area (Å²) in [5, 5.41) is 10.3. The molecular weight excluding hydrogens is 332 g/mol. The Labute approximate surface area is 131 Å². The summed E-state index contributed by atoms with van der Waals surface area (Å²) >= 11 is 4.99. The third kappa shape index (κ3) is 4.20. The minimum atomic E-state index is -3.77. The molecule has 0 bridgehead atoms. The first kappa shape index (κ1) is 16.3.